The van der Waals surface area contributed by atoms with E-state index < -0.39 is 0 Å². The lowest BCUT2D eigenvalue weighted by atomic mass is 10.1. The lowest BCUT2D eigenvalue weighted by molar-refractivity contribution is 0.172. The third kappa shape index (κ3) is 2.62. The average molecular weight is 245 g/mol. The van der Waals surface area contributed by atoms with E-state index in [0.717, 1.165) is 16.7 Å². The Hall–Kier alpha value is -1.61. The van der Waals surface area contributed by atoms with E-state index in [4.69, 9.17) is 4.74 Å². The average Bonchev–Trinajstić information content (AvgIpc) is 2.38. The van der Waals surface area contributed by atoms with Crippen molar-refractivity contribution in [1.29, 1.82) is 0 Å². The summed E-state index contributed by atoms with van der Waals surface area (Å²) in [6.45, 7) is 6.23. The summed E-state index contributed by atoms with van der Waals surface area (Å²) in [5.41, 5.74) is 1.50. The molecule has 0 bridgehead atoms. The summed E-state index contributed by atoms with van der Waals surface area (Å²) in [5.74, 6) is 1.24. The van der Waals surface area contributed by atoms with Crippen LogP contribution < -0.4 is 4.74 Å². The van der Waals surface area contributed by atoms with Crippen LogP contribution in [0.2, 0.25) is 0 Å². The largest absolute Gasteiger partial charge is 0.490 e. The van der Waals surface area contributed by atoms with Crippen molar-refractivity contribution >= 4 is 10.9 Å². The third-order valence-electron chi connectivity index (χ3n) is 3.14. The Labute approximate surface area is 107 Å². The molecule has 1 unspecified atom stereocenters. The predicted molar refractivity (Wildman–Crippen MR) is 72.6 cm³/mol. The van der Waals surface area contributed by atoms with Crippen LogP contribution in [0, 0.1) is 5.92 Å². The number of benzene rings is 1. The van der Waals surface area contributed by atoms with Crippen molar-refractivity contribution in [3.8, 4) is 5.75 Å². The molecule has 1 N–H and O–H groups in total. The number of pyridine rings is 1. The van der Waals surface area contributed by atoms with Crippen LogP contribution in [0.15, 0.2) is 30.3 Å². The lowest BCUT2D eigenvalue weighted by Crippen LogP contribution is -2.19. The molecule has 0 aliphatic carbocycles. The maximum absolute atomic E-state index is 9.25. The van der Waals surface area contributed by atoms with Crippen LogP contribution in [0.4, 0.5) is 0 Å². The molecule has 3 nitrogen and oxygen atoms in total. The van der Waals surface area contributed by atoms with E-state index in [-0.39, 0.29) is 12.7 Å². The molecule has 0 saturated carbocycles. The molecular weight excluding hydrogens is 226 g/mol. The summed E-state index contributed by atoms with van der Waals surface area (Å²) < 4.78 is 5.98. The smallest absolute Gasteiger partial charge is 0.131 e. The summed E-state index contributed by atoms with van der Waals surface area (Å²) in [6.07, 6.45) is 0.127. The van der Waals surface area contributed by atoms with Crippen LogP contribution in [-0.2, 0) is 6.61 Å². The summed E-state index contributed by atoms with van der Waals surface area (Å²) in [7, 11) is 0. The normalized spacial score (nSPS) is 12.9. The number of hydrogen-bond donors (Lipinski definition) is 1. The Morgan fingerprint density at radius 2 is 1.94 bits per heavy atom. The fourth-order valence-corrected chi connectivity index (χ4v) is 1.71. The monoisotopic (exact) mass is 245 g/mol. The predicted octanol–water partition coefficient (Wildman–Crippen LogP) is 3.15. The molecule has 0 fully saturated rings. The number of fused-ring (bicyclic) bond motifs is 1. The van der Waals surface area contributed by atoms with Gasteiger partial charge in [0.2, 0.25) is 0 Å². The molecule has 1 atom stereocenters. The van der Waals surface area contributed by atoms with E-state index >= 15 is 0 Å². The Bertz CT molecular complexity index is 537. The molecule has 0 aliphatic rings. The minimum atomic E-state index is -0.0722. The standard InChI is InChI=1S/C15H19NO2/c1-10(2)11(3)18-15-8-12(9-17)16-14-7-5-4-6-13(14)15/h4-8,10-11,17H,9H2,1-3H3. The van der Waals surface area contributed by atoms with Gasteiger partial charge in [0.25, 0.3) is 0 Å². The maximum atomic E-state index is 9.25. The Morgan fingerprint density at radius 3 is 2.61 bits per heavy atom. The van der Waals surface area contributed by atoms with Gasteiger partial charge in [-0.1, -0.05) is 26.0 Å². The van der Waals surface area contributed by atoms with Crippen LogP contribution >= 0.6 is 0 Å². The molecule has 18 heavy (non-hydrogen) atoms. The van der Waals surface area contributed by atoms with Crippen molar-refractivity contribution in [2.24, 2.45) is 5.92 Å². The topological polar surface area (TPSA) is 42.4 Å². The molecule has 96 valence electrons. The molecule has 1 aromatic heterocycles. The highest BCUT2D eigenvalue weighted by Crippen LogP contribution is 2.27. The van der Waals surface area contributed by atoms with Gasteiger partial charge in [-0.2, -0.15) is 0 Å². The van der Waals surface area contributed by atoms with Gasteiger partial charge in [-0.3, -0.25) is 4.98 Å². The first-order valence-corrected chi connectivity index (χ1v) is 6.28. The van der Waals surface area contributed by atoms with Crippen LogP contribution in [0.25, 0.3) is 10.9 Å². The second kappa shape index (κ2) is 5.36. The number of para-hydroxylation sites is 1. The minimum Gasteiger partial charge on any atom is -0.490 e. The number of aromatic nitrogens is 1. The SMILES string of the molecule is CC(C)C(C)Oc1cc(CO)nc2ccccc12. The van der Waals surface area contributed by atoms with Gasteiger partial charge in [-0.15, -0.1) is 0 Å². The first kappa shape index (κ1) is 12.8. The zero-order chi connectivity index (χ0) is 13.1. The lowest BCUT2D eigenvalue weighted by Gasteiger charge is -2.19. The highest BCUT2D eigenvalue weighted by Gasteiger charge is 2.12. The van der Waals surface area contributed by atoms with Gasteiger partial charge in [0.15, 0.2) is 0 Å². The number of nitrogens with zero attached hydrogens (tertiary/aromatic N) is 1. The van der Waals surface area contributed by atoms with Gasteiger partial charge in [0.1, 0.15) is 5.75 Å². The second-order valence-corrected chi connectivity index (χ2v) is 4.85. The molecule has 2 rings (SSSR count). The van der Waals surface area contributed by atoms with E-state index in [1.165, 1.54) is 0 Å². The van der Waals surface area contributed by atoms with E-state index in [2.05, 4.69) is 25.8 Å². The summed E-state index contributed by atoms with van der Waals surface area (Å²) in [6, 6.07) is 9.65. The fourth-order valence-electron chi connectivity index (χ4n) is 1.71. The number of aliphatic hydroxyl groups is 1. The van der Waals surface area contributed by atoms with Crippen LogP contribution in [0.1, 0.15) is 26.5 Å². The van der Waals surface area contributed by atoms with Gasteiger partial charge >= 0.3 is 0 Å². The highest BCUT2D eigenvalue weighted by molar-refractivity contribution is 5.85. The van der Waals surface area contributed by atoms with Gasteiger partial charge in [-0.05, 0) is 25.0 Å². The molecule has 3 heteroatoms. The van der Waals surface area contributed by atoms with Gasteiger partial charge in [0.05, 0.1) is 23.9 Å². The molecule has 2 aromatic rings. The molecular formula is C15H19NO2. The summed E-state index contributed by atoms with van der Waals surface area (Å²) in [5, 5.41) is 10.2. The molecule has 0 saturated heterocycles. The van der Waals surface area contributed by atoms with Gasteiger partial charge < -0.3 is 9.84 Å². The van der Waals surface area contributed by atoms with Crippen molar-refractivity contribution in [2.75, 3.05) is 0 Å². The zero-order valence-corrected chi connectivity index (χ0v) is 11.1. The number of ether oxygens (including phenoxy) is 1. The molecule has 0 radical (unpaired) electrons. The van der Waals surface area contributed by atoms with Crippen LogP contribution in [0.3, 0.4) is 0 Å². The quantitative estimate of drug-likeness (QED) is 0.899. The van der Waals surface area contributed by atoms with Gasteiger partial charge in [0, 0.05) is 11.5 Å². The molecule has 0 amide bonds. The summed E-state index contributed by atoms with van der Waals surface area (Å²) >= 11 is 0. The Kier molecular flexibility index (Phi) is 3.82. The number of aliphatic hydroxyl groups excluding tert-OH is 1. The van der Waals surface area contributed by atoms with E-state index in [1.807, 2.05) is 30.3 Å². The third-order valence-corrected chi connectivity index (χ3v) is 3.14. The summed E-state index contributed by atoms with van der Waals surface area (Å²) in [4.78, 5) is 4.38. The molecule has 1 heterocycles. The van der Waals surface area contributed by atoms with E-state index in [1.54, 1.807) is 0 Å². The second-order valence-electron chi connectivity index (χ2n) is 4.85. The number of rotatable bonds is 4. The van der Waals surface area contributed by atoms with Crippen LogP contribution in [0.5, 0.6) is 5.75 Å². The van der Waals surface area contributed by atoms with Crippen molar-refractivity contribution in [2.45, 2.75) is 33.5 Å². The Morgan fingerprint density at radius 1 is 1.22 bits per heavy atom. The van der Waals surface area contributed by atoms with Crippen molar-refractivity contribution < 1.29 is 9.84 Å². The highest BCUT2D eigenvalue weighted by atomic mass is 16.5. The van der Waals surface area contributed by atoms with Crippen LogP contribution in [-0.4, -0.2) is 16.2 Å². The molecule has 0 spiro atoms. The first-order valence-electron chi connectivity index (χ1n) is 6.28. The molecule has 0 aliphatic heterocycles. The zero-order valence-electron chi connectivity index (χ0n) is 11.1. The van der Waals surface area contributed by atoms with Crippen molar-refractivity contribution in [3.63, 3.8) is 0 Å². The Balaban J connectivity index is 2.47. The van der Waals surface area contributed by atoms with Crippen molar-refractivity contribution in [3.05, 3.63) is 36.0 Å². The fraction of sp³-hybridized carbons (Fsp3) is 0.400. The van der Waals surface area contributed by atoms with E-state index in [9.17, 15) is 5.11 Å². The van der Waals surface area contributed by atoms with Crippen molar-refractivity contribution in [1.82, 2.24) is 4.98 Å². The number of hydrogen-bond acceptors (Lipinski definition) is 3. The van der Waals surface area contributed by atoms with E-state index in [0.29, 0.717) is 11.6 Å². The first-order chi connectivity index (χ1) is 8.61. The molecule has 1 aromatic carbocycles. The maximum Gasteiger partial charge on any atom is 0.131 e. The minimum absolute atomic E-state index is 0.0722. The van der Waals surface area contributed by atoms with Gasteiger partial charge in [-0.25, -0.2) is 0 Å².